The molecule has 274 valence electrons. The van der Waals surface area contributed by atoms with Gasteiger partial charge in [-0.3, -0.25) is 9.80 Å². The highest BCUT2D eigenvalue weighted by atomic mass is 16.6. The van der Waals surface area contributed by atoms with E-state index in [0.717, 1.165) is 61.9 Å². The summed E-state index contributed by atoms with van der Waals surface area (Å²) in [6.45, 7) is 20.8. The van der Waals surface area contributed by atoms with Crippen LogP contribution in [0.1, 0.15) is 67.4 Å². The normalized spacial score (nSPS) is 17.2. The molecule has 50 heavy (non-hydrogen) atoms. The van der Waals surface area contributed by atoms with Crippen molar-refractivity contribution < 1.29 is 19.4 Å². The number of hydrogen-bond acceptors (Lipinski definition) is 11. The minimum absolute atomic E-state index is 0.316. The fourth-order valence-corrected chi connectivity index (χ4v) is 6.10. The van der Waals surface area contributed by atoms with E-state index in [9.17, 15) is 9.90 Å². The topological polar surface area (TPSA) is 119 Å². The molecule has 0 radical (unpaired) electrons. The van der Waals surface area contributed by atoms with Gasteiger partial charge >= 0.3 is 6.09 Å². The van der Waals surface area contributed by atoms with Crippen molar-refractivity contribution in [1.82, 2.24) is 29.7 Å². The van der Waals surface area contributed by atoms with Crippen LogP contribution in [0.2, 0.25) is 0 Å². The Balaban J connectivity index is 1.29. The number of aliphatic hydroxyl groups is 1. The van der Waals surface area contributed by atoms with Crippen LogP contribution in [0.3, 0.4) is 0 Å². The van der Waals surface area contributed by atoms with E-state index in [4.69, 9.17) is 14.5 Å². The summed E-state index contributed by atoms with van der Waals surface area (Å²) in [4.78, 5) is 34.6. The van der Waals surface area contributed by atoms with Gasteiger partial charge in [0.25, 0.3) is 0 Å². The van der Waals surface area contributed by atoms with Crippen LogP contribution < -0.4 is 10.2 Å². The number of β-amino-alcohol motifs (C(OH)–C–C–N with tert-alkyl or cyclic N) is 1. The summed E-state index contributed by atoms with van der Waals surface area (Å²) >= 11 is 0. The molecular weight excluding hydrogens is 632 g/mol. The van der Waals surface area contributed by atoms with E-state index >= 15 is 0 Å². The zero-order valence-corrected chi connectivity index (χ0v) is 31.7. The van der Waals surface area contributed by atoms with Gasteiger partial charge in [0.2, 0.25) is 5.95 Å². The molecule has 0 saturated carbocycles. The molecule has 0 spiro atoms. The number of benzene rings is 1. The maximum absolute atomic E-state index is 12.2. The van der Waals surface area contributed by atoms with E-state index in [-0.39, 0.29) is 6.09 Å². The van der Waals surface area contributed by atoms with Gasteiger partial charge in [0, 0.05) is 83.1 Å². The molecule has 1 fully saturated rings. The van der Waals surface area contributed by atoms with Crippen molar-refractivity contribution in [3.63, 3.8) is 0 Å². The lowest BCUT2D eigenvalue weighted by Crippen LogP contribution is -2.56. The molecule has 12 nitrogen and oxygen atoms in total. The van der Waals surface area contributed by atoms with Gasteiger partial charge < -0.3 is 29.7 Å². The SMILES string of the molecule is CC1CN(CC(C)(O)OC(C)(C)C)CCN1Cc1cccc(Nc2nccc(-c3ccc(N(C)CCCN(C)C(=O)OC(C)(C)C)nc3)n2)c1. The zero-order chi connectivity index (χ0) is 36.7. The number of ether oxygens (including phenoxy) is 2. The summed E-state index contributed by atoms with van der Waals surface area (Å²) in [5.41, 5.74) is 2.88. The number of nitrogens with zero attached hydrogens (tertiary/aromatic N) is 7. The van der Waals surface area contributed by atoms with Crippen molar-refractivity contribution in [3.8, 4) is 11.3 Å². The van der Waals surface area contributed by atoms with Crippen LogP contribution in [0.4, 0.5) is 22.2 Å². The maximum atomic E-state index is 12.2. The van der Waals surface area contributed by atoms with Crippen LogP contribution in [0.15, 0.2) is 54.9 Å². The summed E-state index contributed by atoms with van der Waals surface area (Å²) in [5, 5.41) is 14.2. The second-order valence-electron chi connectivity index (χ2n) is 15.6. The lowest BCUT2D eigenvalue weighted by Gasteiger charge is -2.43. The Labute approximate surface area is 298 Å². The van der Waals surface area contributed by atoms with Gasteiger partial charge in [-0.15, -0.1) is 0 Å². The molecule has 3 aromatic rings. The quantitative estimate of drug-likeness (QED) is 0.206. The molecule has 4 rings (SSSR count). The van der Waals surface area contributed by atoms with Crippen LogP contribution >= 0.6 is 0 Å². The molecule has 2 unspecified atom stereocenters. The Morgan fingerprint density at radius 1 is 1.00 bits per heavy atom. The number of carbonyl (C=O) groups excluding carboxylic acids is 1. The largest absolute Gasteiger partial charge is 0.444 e. The van der Waals surface area contributed by atoms with Gasteiger partial charge in [-0.1, -0.05) is 12.1 Å². The Kier molecular flexibility index (Phi) is 12.8. The maximum Gasteiger partial charge on any atom is 0.410 e. The third-order valence-corrected chi connectivity index (χ3v) is 8.24. The number of anilines is 3. The van der Waals surface area contributed by atoms with Gasteiger partial charge in [0.15, 0.2) is 5.79 Å². The van der Waals surface area contributed by atoms with Crippen LogP contribution in [-0.4, -0.2) is 117 Å². The number of carbonyl (C=O) groups is 1. The van der Waals surface area contributed by atoms with E-state index < -0.39 is 17.0 Å². The molecule has 1 amide bonds. The minimum Gasteiger partial charge on any atom is -0.444 e. The van der Waals surface area contributed by atoms with Gasteiger partial charge in [0.05, 0.1) is 17.8 Å². The zero-order valence-electron chi connectivity index (χ0n) is 31.7. The summed E-state index contributed by atoms with van der Waals surface area (Å²) < 4.78 is 11.3. The molecule has 1 saturated heterocycles. The second kappa shape index (κ2) is 16.5. The molecule has 0 aliphatic carbocycles. The van der Waals surface area contributed by atoms with E-state index in [1.54, 1.807) is 25.1 Å². The fraction of sp³-hybridized carbons (Fsp3) is 0.579. The summed E-state index contributed by atoms with van der Waals surface area (Å²) in [6, 6.07) is 14.6. The summed E-state index contributed by atoms with van der Waals surface area (Å²) in [6.07, 6.45) is 4.04. The predicted molar refractivity (Wildman–Crippen MR) is 200 cm³/mol. The van der Waals surface area contributed by atoms with Gasteiger partial charge in [-0.05, 0) is 97.7 Å². The number of piperazine rings is 1. The average molecular weight is 691 g/mol. The van der Waals surface area contributed by atoms with E-state index in [2.05, 4.69) is 55.1 Å². The summed E-state index contributed by atoms with van der Waals surface area (Å²) in [7, 11) is 3.75. The molecular formula is C38H58N8O4. The van der Waals surface area contributed by atoms with Gasteiger partial charge in [0.1, 0.15) is 11.4 Å². The first kappa shape index (κ1) is 39.0. The lowest BCUT2D eigenvalue weighted by molar-refractivity contribution is -0.250. The highest BCUT2D eigenvalue weighted by Gasteiger charge is 2.33. The van der Waals surface area contributed by atoms with Crippen LogP contribution in [-0.2, 0) is 16.0 Å². The predicted octanol–water partition coefficient (Wildman–Crippen LogP) is 6.01. The average Bonchev–Trinajstić information content (AvgIpc) is 3.00. The first-order valence-electron chi connectivity index (χ1n) is 17.6. The molecule has 1 aliphatic rings. The molecule has 2 aromatic heterocycles. The lowest BCUT2D eigenvalue weighted by atomic mass is 10.1. The molecule has 3 heterocycles. The van der Waals surface area contributed by atoms with Crippen molar-refractivity contribution in [2.24, 2.45) is 0 Å². The first-order chi connectivity index (χ1) is 23.4. The number of nitrogens with one attached hydrogen (secondary N) is 1. The molecule has 12 heteroatoms. The monoisotopic (exact) mass is 690 g/mol. The Bertz CT molecular complexity index is 1540. The van der Waals surface area contributed by atoms with Gasteiger partial charge in [-0.2, -0.15) is 0 Å². The van der Waals surface area contributed by atoms with Gasteiger partial charge in [-0.25, -0.2) is 19.7 Å². The van der Waals surface area contributed by atoms with Crippen molar-refractivity contribution in [2.75, 3.05) is 63.6 Å². The first-order valence-corrected chi connectivity index (χ1v) is 17.6. The standard InChI is InChI=1S/C38H58N8O4/c1-28-25-45(27-38(8,48)50-37(5,6)7)21-22-46(28)26-29-13-11-14-31(23-29)41-34-39-18-17-32(42-34)30-15-16-33(40-24-30)43(9)19-12-20-44(10)35(47)49-36(2,3)4/h11,13-18,23-24,28,48H,12,19-22,25-27H2,1-10H3,(H,39,41,42). The van der Waals surface area contributed by atoms with Crippen molar-refractivity contribution in [1.29, 1.82) is 0 Å². The molecule has 2 N–H and O–H groups in total. The fourth-order valence-electron chi connectivity index (χ4n) is 6.10. The Hall–Kier alpha value is -3.84. The van der Waals surface area contributed by atoms with Crippen LogP contribution in [0.5, 0.6) is 0 Å². The van der Waals surface area contributed by atoms with E-state index in [1.165, 1.54) is 5.56 Å². The van der Waals surface area contributed by atoms with Crippen molar-refractivity contribution >= 4 is 23.5 Å². The van der Waals surface area contributed by atoms with E-state index in [1.807, 2.05) is 79.1 Å². The number of hydrogen-bond donors (Lipinski definition) is 2. The van der Waals surface area contributed by atoms with Crippen LogP contribution in [0, 0.1) is 0 Å². The number of rotatable bonds is 13. The number of aromatic nitrogens is 3. The third-order valence-electron chi connectivity index (χ3n) is 8.24. The van der Waals surface area contributed by atoms with E-state index in [0.29, 0.717) is 25.1 Å². The van der Waals surface area contributed by atoms with Crippen molar-refractivity contribution in [2.45, 2.75) is 91.4 Å². The molecule has 2 atom stereocenters. The minimum atomic E-state index is -1.19. The number of amides is 1. The highest BCUT2D eigenvalue weighted by molar-refractivity contribution is 5.67. The Morgan fingerprint density at radius 2 is 1.76 bits per heavy atom. The van der Waals surface area contributed by atoms with Crippen molar-refractivity contribution in [3.05, 3.63) is 60.4 Å². The highest BCUT2D eigenvalue weighted by Crippen LogP contribution is 2.24. The summed E-state index contributed by atoms with van der Waals surface area (Å²) in [5.74, 6) is 0.164. The molecule has 1 aromatic carbocycles. The Morgan fingerprint density at radius 3 is 2.42 bits per heavy atom. The van der Waals surface area contributed by atoms with Crippen LogP contribution in [0.25, 0.3) is 11.3 Å². The second-order valence-corrected chi connectivity index (χ2v) is 15.6. The molecule has 1 aliphatic heterocycles. The molecule has 0 bridgehead atoms. The number of pyridine rings is 1. The smallest absolute Gasteiger partial charge is 0.410 e. The third kappa shape index (κ3) is 12.5.